The van der Waals surface area contributed by atoms with Crippen molar-refractivity contribution in [2.45, 2.75) is 25.3 Å². The Morgan fingerprint density at radius 3 is 2.06 bits per heavy atom. The van der Waals surface area contributed by atoms with Gasteiger partial charge in [0.2, 0.25) is 0 Å². The predicted octanol–water partition coefficient (Wildman–Crippen LogP) is 4.96. The minimum Gasteiger partial charge on any atom is -0.494 e. The Balaban J connectivity index is 1.44. The van der Waals surface area contributed by atoms with E-state index in [0.29, 0.717) is 6.61 Å². The third kappa shape index (κ3) is 4.70. The number of nitrogens with zero attached hydrogens (tertiary/aromatic N) is 1. The summed E-state index contributed by atoms with van der Waals surface area (Å²) in [5, 5.41) is 9.76. The molecule has 4 rings (SSSR count). The lowest BCUT2D eigenvalue weighted by atomic mass is 9.98. The van der Waals surface area contributed by atoms with Gasteiger partial charge in [-0.1, -0.05) is 60.7 Å². The van der Waals surface area contributed by atoms with Crippen molar-refractivity contribution in [2.24, 2.45) is 0 Å². The van der Waals surface area contributed by atoms with Crippen molar-refractivity contribution in [3.05, 3.63) is 89.5 Å². The Kier molecular flexibility index (Phi) is 6.63. The zero-order valence-electron chi connectivity index (χ0n) is 18.7. The molecule has 1 aliphatic carbocycles. The van der Waals surface area contributed by atoms with E-state index >= 15 is 0 Å². The Morgan fingerprint density at radius 1 is 0.939 bits per heavy atom. The first kappa shape index (κ1) is 22.4. The van der Waals surface area contributed by atoms with E-state index < -0.39 is 18.1 Å². The maximum absolute atomic E-state index is 12.8. The minimum atomic E-state index is -1.08. The van der Waals surface area contributed by atoms with Crippen LogP contribution in [0.2, 0.25) is 0 Å². The van der Waals surface area contributed by atoms with E-state index in [1.807, 2.05) is 55.5 Å². The molecule has 6 heteroatoms. The normalized spacial score (nSPS) is 13.0. The van der Waals surface area contributed by atoms with E-state index in [9.17, 15) is 14.7 Å². The van der Waals surface area contributed by atoms with Gasteiger partial charge < -0.3 is 14.6 Å². The van der Waals surface area contributed by atoms with Crippen LogP contribution in [0.3, 0.4) is 0 Å². The van der Waals surface area contributed by atoms with Crippen molar-refractivity contribution in [3.63, 3.8) is 0 Å². The molecule has 0 radical (unpaired) electrons. The molecule has 0 saturated heterocycles. The molecule has 0 unspecified atom stereocenters. The largest absolute Gasteiger partial charge is 0.494 e. The van der Waals surface area contributed by atoms with Gasteiger partial charge in [0.1, 0.15) is 18.4 Å². The van der Waals surface area contributed by atoms with Crippen molar-refractivity contribution in [1.82, 2.24) is 4.90 Å². The lowest BCUT2D eigenvalue weighted by Gasteiger charge is -2.25. The number of carbonyl (C=O) groups is 2. The van der Waals surface area contributed by atoms with Crippen molar-refractivity contribution in [3.8, 4) is 16.9 Å². The molecule has 0 aromatic heterocycles. The summed E-state index contributed by atoms with van der Waals surface area (Å²) in [6.07, 6.45) is -0.488. The number of likely N-dealkylation sites (N-methyl/N-ethyl adjacent to an activating group) is 1. The summed E-state index contributed by atoms with van der Waals surface area (Å²) in [5.74, 6) is -0.443. The highest BCUT2D eigenvalue weighted by atomic mass is 16.6. The molecule has 0 fully saturated rings. The number of hydrogen-bond donors (Lipinski definition) is 1. The SMILES string of the molecule is CCOc1ccc(C[C@@H](C(=O)O)N(C)C(=O)OCC2c3ccccc3-c3ccccc32)cc1. The van der Waals surface area contributed by atoms with Crippen LogP contribution in [0.4, 0.5) is 4.79 Å². The summed E-state index contributed by atoms with van der Waals surface area (Å²) in [5.41, 5.74) is 5.30. The molecule has 1 N–H and O–H groups in total. The average Bonchev–Trinajstić information content (AvgIpc) is 3.15. The summed E-state index contributed by atoms with van der Waals surface area (Å²) in [6.45, 7) is 2.60. The van der Waals surface area contributed by atoms with Crippen LogP contribution in [0.25, 0.3) is 11.1 Å². The van der Waals surface area contributed by atoms with Gasteiger partial charge >= 0.3 is 12.1 Å². The first-order valence-corrected chi connectivity index (χ1v) is 11.0. The number of ether oxygens (including phenoxy) is 2. The minimum absolute atomic E-state index is 0.0795. The molecule has 170 valence electrons. The van der Waals surface area contributed by atoms with Gasteiger partial charge in [-0.3, -0.25) is 4.90 Å². The number of rotatable bonds is 8. The van der Waals surface area contributed by atoms with E-state index in [1.165, 1.54) is 7.05 Å². The second-order valence-electron chi connectivity index (χ2n) is 8.05. The fourth-order valence-electron chi connectivity index (χ4n) is 4.32. The van der Waals surface area contributed by atoms with Crippen LogP contribution in [-0.4, -0.2) is 48.4 Å². The van der Waals surface area contributed by atoms with Gasteiger partial charge in [0.05, 0.1) is 6.61 Å². The molecule has 0 aliphatic heterocycles. The average molecular weight is 446 g/mol. The molecule has 1 atom stereocenters. The maximum Gasteiger partial charge on any atom is 0.410 e. The van der Waals surface area contributed by atoms with E-state index in [2.05, 4.69) is 12.1 Å². The smallest absolute Gasteiger partial charge is 0.410 e. The summed E-state index contributed by atoms with van der Waals surface area (Å²) >= 11 is 0. The molecule has 33 heavy (non-hydrogen) atoms. The van der Waals surface area contributed by atoms with Crippen LogP contribution >= 0.6 is 0 Å². The number of carboxylic acid groups (broad SMARTS) is 1. The number of hydrogen-bond acceptors (Lipinski definition) is 4. The van der Waals surface area contributed by atoms with E-state index in [-0.39, 0.29) is 18.9 Å². The van der Waals surface area contributed by atoms with Gasteiger partial charge in [-0.25, -0.2) is 9.59 Å². The van der Waals surface area contributed by atoms with Crippen molar-refractivity contribution >= 4 is 12.1 Å². The highest BCUT2D eigenvalue weighted by Gasteiger charge is 2.32. The Bertz CT molecular complexity index is 1100. The second-order valence-corrected chi connectivity index (χ2v) is 8.05. The Labute approximate surface area is 193 Å². The van der Waals surface area contributed by atoms with Crippen molar-refractivity contribution in [2.75, 3.05) is 20.3 Å². The first-order chi connectivity index (χ1) is 16.0. The quantitative estimate of drug-likeness (QED) is 0.530. The second kappa shape index (κ2) is 9.77. The van der Waals surface area contributed by atoms with E-state index in [4.69, 9.17) is 9.47 Å². The number of carbonyl (C=O) groups excluding carboxylic acids is 1. The highest BCUT2D eigenvalue weighted by Crippen LogP contribution is 2.44. The molecule has 1 aliphatic rings. The van der Waals surface area contributed by atoms with Crippen LogP contribution in [0.15, 0.2) is 72.8 Å². The molecule has 0 spiro atoms. The fourth-order valence-corrected chi connectivity index (χ4v) is 4.32. The molecule has 1 amide bonds. The van der Waals surface area contributed by atoms with Gasteiger partial charge in [0, 0.05) is 19.4 Å². The zero-order valence-corrected chi connectivity index (χ0v) is 18.7. The van der Waals surface area contributed by atoms with Gasteiger partial charge in [0.15, 0.2) is 0 Å². The lowest BCUT2D eigenvalue weighted by Crippen LogP contribution is -2.44. The van der Waals surface area contributed by atoms with Crippen molar-refractivity contribution in [1.29, 1.82) is 0 Å². The van der Waals surface area contributed by atoms with Crippen molar-refractivity contribution < 1.29 is 24.2 Å². The van der Waals surface area contributed by atoms with Gasteiger partial charge in [-0.15, -0.1) is 0 Å². The summed E-state index contributed by atoms with van der Waals surface area (Å²) in [6, 6.07) is 22.3. The van der Waals surface area contributed by atoms with Gasteiger partial charge in [-0.05, 0) is 46.9 Å². The topological polar surface area (TPSA) is 76.1 Å². The zero-order chi connectivity index (χ0) is 23.4. The Hall–Kier alpha value is -3.80. The lowest BCUT2D eigenvalue weighted by molar-refractivity contribution is -0.142. The standard InChI is InChI=1S/C27H27NO5/c1-3-32-19-14-12-18(13-15-19)16-25(26(29)30)28(2)27(31)33-17-24-22-10-6-4-8-20(22)21-9-5-7-11-23(21)24/h4-15,24-25H,3,16-17H2,1-2H3,(H,29,30)/t25-/m0/s1. The summed E-state index contributed by atoms with van der Waals surface area (Å²) in [7, 11) is 1.46. The number of benzene rings is 3. The van der Waals surface area contributed by atoms with Gasteiger partial charge in [0.25, 0.3) is 0 Å². The molecule has 6 nitrogen and oxygen atoms in total. The van der Waals surface area contributed by atoms with Crippen LogP contribution in [0, 0.1) is 0 Å². The van der Waals surface area contributed by atoms with Gasteiger partial charge in [-0.2, -0.15) is 0 Å². The highest BCUT2D eigenvalue weighted by molar-refractivity contribution is 5.81. The molecular weight excluding hydrogens is 418 g/mol. The Morgan fingerprint density at radius 2 is 1.52 bits per heavy atom. The number of aliphatic carboxylic acids is 1. The number of amides is 1. The molecule has 0 saturated carbocycles. The molecule has 3 aromatic rings. The van der Waals surface area contributed by atoms with E-state index in [1.54, 1.807) is 12.1 Å². The van der Waals surface area contributed by atoms with Crippen LogP contribution in [-0.2, 0) is 16.0 Å². The van der Waals surface area contributed by atoms with Crippen LogP contribution in [0.5, 0.6) is 5.75 Å². The first-order valence-electron chi connectivity index (χ1n) is 11.0. The molecule has 0 heterocycles. The monoisotopic (exact) mass is 445 g/mol. The number of carboxylic acids is 1. The number of fused-ring (bicyclic) bond motifs is 3. The van der Waals surface area contributed by atoms with Crippen LogP contribution < -0.4 is 4.74 Å². The van der Waals surface area contributed by atoms with E-state index in [0.717, 1.165) is 38.5 Å². The third-order valence-corrected chi connectivity index (χ3v) is 6.04. The fraction of sp³-hybridized carbons (Fsp3) is 0.259. The maximum atomic E-state index is 12.8. The molecular formula is C27H27NO5. The van der Waals surface area contributed by atoms with Crippen LogP contribution in [0.1, 0.15) is 29.5 Å². The molecule has 3 aromatic carbocycles. The third-order valence-electron chi connectivity index (χ3n) is 6.04. The summed E-state index contributed by atoms with van der Waals surface area (Å²) in [4.78, 5) is 25.9. The predicted molar refractivity (Wildman–Crippen MR) is 126 cm³/mol. The molecule has 0 bridgehead atoms. The summed E-state index contributed by atoms with van der Waals surface area (Å²) < 4.78 is 11.1.